The molecular formula is C20H19N5OS. The van der Waals surface area contributed by atoms with Crippen LogP contribution in [0.2, 0.25) is 0 Å². The summed E-state index contributed by atoms with van der Waals surface area (Å²) in [5.41, 5.74) is 15.7. The number of aliphatic imine (C=N–C) groups is 1. The second-order valence-corrected chi connectivity index (χ2v) is 7.10. The minimum absolute atomic E-state index is 0.256. The molecule has 0 bridgehead atoms. The second-order valence-electron chi connectivity index (χ2n) is 6.20. The van der Waals surface area contributed by atoms with Gasteiger partial charge in [0.05, 0.1) is 6.34 Å². The highest BCUT2D eigenvalue weighted by Gasteiger charge is 2.23. The summed E-state index contributed by atoms with van der Waals surface area (Å²) < 4.78 is 0. The Morgan fingerprint density at radius 3 is 2.59 bits per heavy atom. The average Bonchev–Trinajstić information content (AvgIpc) is 3.19. The number of rotatable bonds is 4. The number of carbonyl (C=O) groups is 1. The molecule has 7 heteroatoms. The van der Waals surface area contributed by atoms with Crippen molar-refractivity contribution in [3.8, 4) is 0 Å². The first-order chi connectivity index (χ1) is 13.1. The lowest BCUT2D eigenvalue weighted by Crippen LogP contribution is -2.35. The Hall–Kier alpha value is -3.00. The Balaban J connectivity index is 1.46. The number of hydrogen-bond acceptors (Lipinski definition) is 6. The van der Waals surface area contributed by atoms with Gasteiger partial charge in [-0.1, -0.05) is 30.3 Å². The van der Waals surface area contributed by atoms with Gasteiger partial charge in [-0.05, 0) is 41.3 Å². The van der Waals surface area contributed by atoms with Gasteiger partial charge < -0.3 is 21.7 Å². The lowest BCUT2D eigenvalue weighted by atomic mass is 10.1. The van der Waals surface area contributed by atoms with E-state index in [4.69, 9.17) is 11.5 Å². The molecule has 3 aromatic rings. The van der Waals surface area contributed by atoms with Crippen molar-refractivity contribution in [2.75, 3.05) is 10.2 Å². The van der Waals surface area contributed by atoms with Crippen LogP contribution >= 0.6 is 11.3 Å². The van der Waals surface area contributed by atoms with Crippen LogP contribution in [-0.2, 0) is 4.79 Å². The van der Waals surface area contributed by atoms with Gasteiger partial charge in [-0.2, -0.15) is 0 Å². The van der Waals surface area contributed by atoms with E-state index in [9.17, 15) is 4.79 Å². The first kappa shape index (κ1) is 17.4. The zero-order chi connectivity index (χ0) is 18.8. The van der Waals surface area contributed by atoms with Crippen molar-refractivity contribution in [3.63, 3.8) is 0 Å². The molecule has 0 saturated heterocycles. The third-order valence-corrected chi connectivity index (χ3v) is 5.30. The molecular weight excluding hydrogens is 358 g/mol. The van der Waals surface area contributed by atoms with Crippen molar-refractivity contribution in [2.24, 2.45) is 16.5 Å². The maximum Gasteiger partial charge on any atom is 0.245 e. The van der Waals surface area contributed by atoms with Gasteiger partial charge in [-0.25, -0.2) is 4.99 Å². The summed E-state index contributed by atoms with van der Waals surface area (Å²) in [7, 11) is 0. The zero-order valence-corrected chi connectivity index (χ0v) is 15.3. The summed E-state index contributed by atoms with van der Waals surface area (Å²) in [5.74, 6) is -0.256. The van der Waals surface area contributed by atoms with E-state index in [0.717, 1.165) is 21.8 Å². The number of thiophene rings is 1. The molecule has 0 saturated carbocycles. The van der Waals surface area contributed by atoms with Gasteiger partial charge in [0, 0.05) is 16.9 Å². The third-order valence-electron chi connectivity index (χ3n) is 4.47. The van der Waals surface area contributed by atoms with Crippen molar-refractivity contribution in [2.45, 2.75) is 12.2 Å². The van der Waals surface area contributed by atoms with E-state index >= 15 is 0 Å². The predicted molar refractivity (Wildman–Crippen MR) is 110 cm³/mol. The number of nitrogens with zero attached hydrogens (tertiary/aromatic N) is 2. The number of nitrogens with two attached hydrogens (primary N) is 2. The lowest BCUT2D eigenvalue weighted by Gasteiger charge is -2.29. The lowest BCUT2D eigenvalue weighted by molar-refractivity contribution is -0.117. The van der Waals surface area contributed by atoms with Crippen LogP contribution in [0, 0.1) is 0 Å². The largest absolute Gasteiger partial charge is 0.324 e. The molecule has 5 N–H and O–H groups in total. The van der Waals surface area contributed by atoms with Crippen molar-refractivity contribution in [3.05, 3.63) is 77.2 Å². The molecule has 136 valence electrons. The van der Waals surface area contributed by atoms with Crippen LogP contribution in [0.5, 0.6) is 0 Å². The quantitative estimate of drug-likeness (QED) is 0.648. The van der Waals surface area contributed by atoms with E-state index in [1.807, 2.05) is 70.9 Å². The van der Waals surface area contributed by atoms with Gasteiger partial charge >= 0.3 is 0 Å². The normalized spacial score (nSPS) is 16.7. The molecule has 2 aromatic carbocycles. The summed E-state index contributed by atoms with van der Waals surface area (Å²) in [6.45, 7) is 0. The number of anilines is 2. The third kappa shape index (κ3) is 3.48. The fraction of sp³-hybridized carbons (Fsp3) is 0.100. The van der Waals surface area contributed by atoms with Gasteiger partial charge in [0.2, 0.25) is 5.91 Å². The van der Waals surface area contributed by atoms with E-state index in [1.54, 1.807) is 17.7 Å². The molecule has 4 rings (SSSR count). The maximum absolute atomic E-state index is 12.4. The fourth-order valence-electron chi connectivity index (χ4n) is 2.95. The molecule has 1 amide bonds. The predicted octanol–water partition coefficient (Wildman–Crippen LogP) is 3.52. The van der Waals surface area contributed by atoms with Crippen LogP contribution in [0.4, 0.5) is 16.4 Å². The monoisotopic (exact) mass is 377 g/mol. The number of nitrogens with one attached hydrogen (secondary N) is 1. The molecule has 27 heavy (non-hydrogen) atoms. The van der Waals surface area contributed by atoms with E-state index in [0.29, 0.717) is 5.69 Å². The molecule has 1 aromatic heterocycles. The Morgan fingerprint density at radius 1 is 1.11 bits per heavy atom. The SMILES string of the molecule is NC1c2ccsc2N=CN1c1ccc(NC(=O)[C@@H](N)c2ccccc2)cc1. The highest BCUT2D eigenvalue weighted by molar-refractivity contribution is 7.14. The zero-order valence-electron chi connectivity index (χ0n) is 14.4. The van der Waals surface area contributed by atoms with Gasteiger partial charge in [0.1, 0.15) is 17.2 Å². The van der Waals surface area contributed by atoms with Crippen molar-refractivity contribution >= 4 is 40.0 Å². The van der Waals surface area contributed by atoms with Gasteiger partial charge in [0.15, 0.2) is 0 Å². The number of amides is 1. The molecule has 2 heterocycles. The first-order valence-electron chi connectivity index (χ1n) is 8.50. The number of hydrogen-bond donors (Lipinski definition) is 3. The summed E-state index contributed by atoms with van der Waals surface area (Å²) in [5, 5.41) is 5.78. The van der Waals surface area contributed by atoms with Gasteiger partial charge in [0.25, 0.3) is 0 Å². The Kier molecular flexibility index (Phi) is 4.72. The Morgan fingerprint density at radius 2 is 1.85 bits per heavy atom. The molecule has 1 aliphatic heterocycles. The van der Waals surface area contributed by atoms with Crippen LogP contribution in [0.1, 0.15) is 23.3 Å². The molecule has 0 fully saturated rings. The highest BCUT2D eigenvalue weighted by Crippen LogP contribution is 2.36. The number of fused-ring (bicyclic) bond motifs is 1. The molecule has 1 aliphatic rings. The first-order valence-corrected chi connectivity index (χ1v) is 9.38. The summed E-state index contributed by atoms with van der Waals surface area (Å²) >= 11 is 1.57. The molecule has 2 atom stereocenters. The smallest absolute Gasteiger partial charge is 0.245 e. The van der Waals surface area contributed by atoms with Crippen molar-refractivity contribution in [1.82, 2.24) is 0 Å². The van der Waals surface area contributed by atoms with Gasteiger partial charge in [-0.15, -0.1) is 11.3 Å². The average molecular weight is 377 g/mol. The Bertz CT molecular complexity index is 968. The molecule has 0 aliphatic carbocycles. The molecule has 1 unspecified atom stereocenters. The number of carbonyl (C=O) groups excluding carboxylic acids is 1. The van der Waals surface area contributed by atoms with Crippen LogP contribution < -0.4 is 21.7 Å². The summed E-state index contributed by atoms with van der Waals surface area (Å²) in [6, 6.07) is 18.0. The molecule has 0 radical (unpaired) electrons. The number of benzene rings is 2. The summed E-state index contributed by atoms with van der Waals surface area (Å²) in [6.07, 6.45) is 1.46. The van der Waals surface area contributed by atoms with E-state index in [-0.39, 0.29) is 12.1 Å². The van der Waals surface area contributed by atoms with Crippen LogP contribution in [-0.4, -0.2) is 12.2 Å². The van der Waals surface area contributed by atoms with E-state index in [1.165, 1.54) is 0 Å². The summed E-state index contributed by atoms with van der Waals surface area (Å²) in [4.78, 5) is 18.7. The van der Waals surface area contributed by atoms with E-state index < -0.39 is 6.04 Å². The Labute approximate surface area is 161 Å². The molecule has 6 nitrogen and oxygen atoms in total. The second kappa shape index (κ2) is 7.32. The van der Waals surface area contributed by atoms with Crippen LogP contribution in [0.3, 0.4) is 0 Å². The minimum Gasteiger partial charge on any atom is -0.324 e. The topological polar surface area (TPSA) is 96.7 Å². The van der Waals surface area contributed by atoms with E-state index in [2.05, 4.69) is 10.3 Å². The molecule has 0 spiro atoms. The minimum atomic E-state index is -0.717. The maximum atomic E-state index is 12.4. The fourth-order valence-corrected chi connectivity index (χ4v) is 3.73. The van der Waals surface area contributed by atoms with Crippen molar-refractivity contribution in [1.29, 1.82) is 0 Å². The standard InChI is InChI=1S/C20H19N5OS/c21-17(13-4-2-1-3-5-13)19(26)24-14-6-8-15(9-7-14)25-12-23-20-16(18(25)22)10-11-27-20/h1-12,17-18H,21-22H2,(H,24,26)/t17-,18?/m0/s1. The van der Waals surface area contributed by atoms with Crippen LogP contribution in [0.15, 0.2) is 71.0 Å². The van der Waals surface area contributed by atoms with Crippen molar-refractivity contribution < 1.29 is 4.79 Å². The van der Waals surface area contributed by atoms with Gasteiger partial charge in [-0.3, -0.25) is 4.79 Å². The highest BCUT2D eigenvalue weighted by atomic mass is 32.1. The van der Waals surface area contributed by atoms with Crippen LogP contribution in [0.25, 0.3) is 0 Å².